The van der Waals surface area contributed by atoms with Gasteiger partial charge in [-0.2, -0.15) is 0 Å². The van der Waals surface area contributed by atoms with Crippen LogP contribution in [0.5, 0.6) is 0 Å². The van der Waals surface area contributed by atoms with Crippen molar-refractivity contribution in [3.8, 4) is 0 Å². The summed E-state index contributed by atoms with van der Waals surface area (Å²) in [7, 11) is 0. The van der Waals surface area contributed by atoms with Crippen molar-refractivity contribution in [3.63, 3.8) is 0 Å². The Labute approximate surface area is 129 Å². The first-order valence-electron chi connectivity index (χ1n) is 8.71. The summed E-state index contributed by atoms with van der Waals surface area (Å²) in [5.41, 5.74) is 1.88. The Kier molecular flexibility index (Phi) is 6.69. The summed E-state index contributed by atoms with van der Waals surface area (Å²) in [6.07, 6.45) is 10.4. The fraction of sp³-hybridized carbons (Fsp3) is 0.684. The fourth-order valence-electron chi connectivity index (χ4n) is 3.48. The largest absolute Gasteiger partial charge is 0.310 e. The molecule has 1 saturated carbocycles. The minimum atomic E-state index is -0.0679. The normalized spacial score (nSPS) is 19.0. The van der Waals surface area contributed by atoms with Gasteiger partial charge in [-0.3, -0.25) is 0 Å². The van der Waals surface area contributed by atoms with E-state index < -0.39 is 0 Å². The van der Waals surface area contributed by atoms with E-state index in [1.165, 1.54) is 44.9 Å². The molecule has 1 aliphatic rings. The van der Waals surface area contributed by atoms with E-state index in [1.807, 2.05) is 13.0 Å². The van der Waals surface area contributed by atoms with Crippen LogP contribution in [0.2, 0.25) is 0 Å². The predicted molar refractivity (Wildman–Crippen MR) is 88.0 cm³/mol. The van der Waals surface area contributed by atoms with E-state index >= 15 is 0 Å². The van der Waals surface area contributed by atoms with Crippen molar-refractivity contribution in [2.24, 2.45) is 5.92 Å². The van der Waals surface area contributed by atoms with Gasteiger partial charge in [0.1, 0.15) is 5.82 Å². The zero-order valence-electron chi connectivity index (χ0n) is 13.6. The van der Waals surface area contributed by atoms with Gasteiger partial charge >= 0.3 is 0 Å². The molecule has 0 heterocycles. The average molecular weight is 291 g/mol. The number of hydrogen-bond donors (Lipinski definition) is 1. The number of nitrogens with one attached hydrogen (secondary N) is 1. The number of halogens is 1. The highest BCUT2D eigenvalue weighted by Gasteiger charge is 2.23. The number of aryl methyl sites for hydroxylation is 1. The maximum absolute atomic E-state index is 13.9. The second-order valence-electron chi connectivity index (χ2n) is 6.55. The van der Waals surface area contributed by atoms with Crippen molar-refractivity contribution < 1.29 is 4.39 Å². The second kappa shape index (κ2) is 8.53. The lowest BCUT2D eigenvalue weighted by molar-refractivity contribution is 0.288. The van der Waals surface area contributed by atoms with Crippen LogP contribution in [0, 0.1) is 18.7 Å². The molecule has 2 heteroatoms. The van der Waals surface area contributed by atoms with Gasteiger partial charge in [-0.15, -0.1) is 0 Å². The Morgan fingerprint density at radius 1 is 1.14 bits per heavy atom. The Bertz CT molecular complexity index is 422. The molecule has 0 spiro atoms. The summed E-state index contributed by atoms with van der Waals surface area (Å²) < 4.78 is 13.9. The lowest BCUT2D eigenvalue weighted by Crippen LogP contribution is -2.29. The van der Waals surface area contributed by atoms with Crippen LogP contribution in [-0.4, -0.2) is 6.54 Å². The molecule has 0 amide bonds. The topological polar surface area (TPSA) is 12.0 Å². The predicted octanol–water partition coefficient (Wildman–Crippen LogP) is 5.54. The van der Waals surface area contributed by atoms with Gasteiger partial charge in [0, 0.05) is 6.04 Å². The van der Waals surface area contributed by atoms with Crippen LogP contribution in [0.4, 0.5) is 4.39 Å². The molecular formula is C19H30FN. The fourth-order valence-corrected chi connectivity index (χ4v) is 3.48. The molecule has 118 valence electrons. The van der Waals surface area contributed by atoms with Crippen LogP contribution in [0.15, 0.2) is 18.2 Å². The molecule has 1 fully saturated rings. The lowest BCUT2D eigenvalue weighted by atomic mass is 9.82. The van der Waals surface area contributed by atoms with E-state index in [-0.39, 0.29) is 5.82 Å². The van der Waals surface area contributed by atoms with Crippen LogP contribution >= 0.6 is 0 Å². The first-order chi connectivity index (χ1) is 10.2. The zero-order chi connectivity index (χ0) is 15.1. The molecule has 0 bridgehead atoms. The summed E-state index contributed by atoms with van der Waals surface area (Å²) >= 11 is 0. The van der Waals surface area contributed by atoms with Gasteiger partial charge in [0.15, 0.2) is 0 Å². The number of benzene rings is 1. The monoisotopic (exact) mass is 291 g/mol. The van der Waals surface area contributed by atoms with E-state index in [1.54, 1.807) is 6.07 Å². The van der Waals surface area contributed by atoms with Gasteiger partial charge in [0.05, 0.1) is 0 Å². The van der Waals surface area contributed by atoms with Gasteiger partial charge in [-0.1, -0.05) is 51.2 Å². The van der Waals surface area contributed by atoms with Gasteiger partial charge < -0.3 is 5.32 Å². The summed E-state index contributed by atoms with van der Waals surface area (Å²) in [6, 6.07) is 6.11. The van der Waals surface area contributed by atoms with Crippen LogP contribution < -0.4 is 5.32 Å². The maximum atomic E-state index is 13.9. The van der Waals surface area contributed by atoms with E-state index in [0.29, 0.717) is 12.0 Å². The van der Waals surface area contributed by atoms with Crippen LogP contribution in [0.3, 0.4) is 0 Å². The Morgan fingerprint density at radius 2 is 1.81 bits per heavy atom. The van der Waals surface area contributed by atoms with Crippen LogP contribution in [0.1, 0.15) is 75.5 Å². The molecule has 1 aromatic carbocycles. The summed E-state index contributed by atoms with van der Waals surface area (Å²) in [6.45, 7) is 5.04. The third-order valence-electron chi connectivity index (χ3n) is 4.79. The molecule has 2 rings (SSSR count). The Hall–Kier alpha value is -0.890. The van der Waals surface area contributed by atoms with Crippen molar-refractivity contribution in [2.75, 3.05) is 6.54 Å². The van der Waals surface area contributed by atoms with E-state index in [4.69, 9.17) is 0 Å². The Balaban J connectivity index is 2.16. The highest BCUT2D eigenvalue weighted by molar-refractivity contribution is 5.26. The molecule has 1 aliphatic carbocycles. The molecule has 1 nitrogen and oxygen atoms in total. The van der Waals surface area contributed by atoms with E-state index in [9.17, 15) is 4.39 Å². The maximum Gasteiger partial charge on any atom is 0.126 e. The average Bonchev–Trinajstić information content (AvgIpc) is 2.44. The van der Waals surface area contributed by atoms with Crippen LogP contribution in [-0.2, 0) is 0 Å². The number of hydrogen-bond acceptors (Lipinski definition) is 1. The molecule has 1 atom stereocenters. The van der Waals surface area contributed by atoms with E-state index in [2.05, 4.69) is 18.3 Å². The van der Waals surface area contributed by atoms with Crippen molar-refractivity contribution in [2.45, 2.75) is 71.3 Å². The minimum Gasteiger partial charge on any atom is -0.310 e. The van der Waals surface area contributed by atoms with Crippen molar-refractivity contribution in [1.29, 1.82) is 0 Å². The van der Waals surface area contributed by atoms with E-state index in [0.717, 1.165) is 24.1 Å². The molecule has 0 aromatic heterocycles. The second-order valence-corrected chi connectivity index (χ2v) is 6.55. The highest BCUT2D eigenvalue weighted by atomic mass is 19.1. The van der Waals surface area contributed by atoms with Crippen molar-refractivity contribution in [3.05, 3.63) is 35.1 Å². The highest BCUT2D eigenvalue weighted by Crippen LogP contribution is 2.33. The SMILES string of the molecule is CCCNC(c1ccc(C)c(F)c1)C1CCCCCCC1. The molecule has 21 heavy (non-hydrogen) atoms. The van der Waals surface area contributed by atoms with Gasteiger partial charge in [-0.25, -0.2) is 4.39 Å². The van der Waals surface area contributed by atoms with Crippen molar-refractivity contribution >= 4 is 0 Å². The molecule has 0 saturated heterocycles. The number of rotatable bonds is 5. The molecular weight excluding hydrogens is 261 g/mol. The first kappa shape index (κ1) is 16.5. The quantitative estimate of drug-likeness (QED) is 0.751. The van der Waals surface area contributed by atoms with Gasteiger partial charge in [0.2, 0.25) is 0 Å². The summed E-state index contributed by atoms with van der Waals surface area (Å²) in [5.74, 6) is 0.584. The van der Waals surface area contributed by atoms with Gasteiger partial charge in [0.25, 0.3) is 0 Å². The third-order valence-corrected chi connectivity index (χ3v) is 4.79. The smallest absolute Gasteiger partial charge is 0.126 e. The van der Waals surface area contributed by atoms with Gasteiger partial charge in [-0.05, 0) is 55.8 Å². The first-order valence-corrected chi connectivity index (χ1v) is 8.71. The molecule has 0 radical (unpaired) electrons. The summed E-state index contributed by atoms with van der Waals surface area (Å²) in [5, 5.41) is 3.68. The molecule has 1 aromatic rings. The van der Waals surface area contributed by atoms with Crippen molar-refractivity contribution in [1.82, 2.24) is 5.32 Å². The third kappa shape index (κ3) is 4.81. The van der Waals surface area contributed by atoms with Crippen LogP contribution in [0.25, 0.3) is 0 Å². The standard InChI is InChI=1S/C19H30FN/c1-3-13-21-19(16-9-7-5-4-6-8-10-16)17-12-11-15(2)18(20)14-17/h11-12,14,16,19,21H,3-10,13H2,1-2H3. The molecule has 1 N–H and O–H groups in total. The Morgan fingerprint density at radius 3 is 2.43 bits per heavy atom. The summed E-state index contributed by atoms with van der Waals surface area (Å²) in [4.78, 5) is 0. The molecule has 0 aliphatic heterocycles. The molecule has 1 unspecified atom stereocenters. The lowest BCUT2D eigenvalue weighted by Gasteiger charge is -2.30. The zero-order valence-corrected chi connectivity index (χ0v) is 13.6. The minimum absolute atomic E-state index is 0.0679.